The van der Waals surface area contributed by atoms with Crippen molar-refractivity contribution in [2.45, 2.75) is 45.5 Å². The molecule has 5 nitrogen and oxygen atoms in total. The molecule has 5 heteroatoms. The second kappa shape index (κ2) is 5.41. The van der Waals surface area contributed by atoms with Crippen LogP contribution in [0.4, 0.5) is 0 Å². The summed E-state index contributed by atoms with van der Waals surface area (Å²) in [5.41, 5.74) is 0.312. The van der Waals surface area contributed by atoms with E-state index >= 15 is 0 Å². The highest BCUT2D eigenvalue weighted by Gasteiger charge is 2.32. The number of carbonyl (C=O) groups is 1. The van der Waals surface area contributed by atoms with Crippen molar-refractivity contribution in [2.24, 2.45) is 0 Å². The predicted octanol–water partition coefficient (Wildman–Crippen LogP) is 1.50. The van der Waals surface area contributed by atoms with Crippen molar-refractivity contribution in [3.05, 3.63) is 0 Å². The second-order valence-corrected chi connectivity index (χ2v) is 4.42. The fourth-order valence-corrected chi connectivity index (χ4v) is 1.48. The van der Waals surface area contributed by atoms with Crippen molar-refractivity contribution < 1.29 is 19.0 Å². The van der Waals surface area contributed by atoms with E-state index in [0.717, 1.165) is 0 Å². The largest absolute Gasteiger partial charge is 0.465 e. The van der Waals surface area contributed by atoms with Crippen LogP contribution >= 0.6 is 0 Å². The van der Waals surface area contributed by atoms with Crippen molar-refractivity contribution in [2.75, 3.05) is 13.2 Å². The van der Waals surface area contributed by atoms with Crippen LogP contribution in [0.3, 0.4) is 0 Å². The number of esters is 1. The van der Waals surface area contributed by atoms with Crippen LogP contribution in [0.25, 0.3) is 0 Å². The molecule has 0 aliphatic carbocycles. The summed E-state index contributed by atoms with van der Waals surface area (Å²) in [5, 5.41) is 7.13. The maximum Gasteiger partial charge on any atom is 0.311 e. The summed E-state index contributed by atoms with van der Waals surface area (Å²) in [7, 11) is 0. The van der Waals surface area contributed by atoms with Crippen LogP contribution in [-0.4, -0.2) is 36.8 Å². The summed E-state index contributed by atoms with van der Waals surface area (Å²) in [5.74, 6) is -0.883. The highest BCUT2D eigenvalue weighted by Crippen LogP contribution is 2.23. The number of carbonyl (C=O) groups excluding carboxylic acids is 1. The number of hydrogen-bond donors (Lipinski definition) is 1. The molecular weight excluding hydrogens is 210 g/mol. The van der Waals surface area contributed by atoms with Crippen LogP contribution < -0.4 is 0 Å². The van der Waals surface area contributed by atoms with E-state index < -0.39 is 5.79 Å². The van der Waals surface area contributed by atoms with E-state index in [4.69, 9.17) is 19.6 Å². The molecule has 0 saturated carbocycles. The third-order valence-corrected chi connectivity index (χ3v) is 2.18. The molecular formula is C11H19NO4. The molecule has 0 bridgehead atoms. The van der Waals surface area contributed by atoms with Gasteiger partial charge in [-0.05, 0) is 20.8 Å². The monoisotopic (exact) mass is 229 g/mol. The van der Waals surface area contributed by atoms with Crippen molar-refractivity contribution in [1.82, 2.24) is 0 Å². The molecule has 1 aliphatic heterocycles. The fourth-order valence-electron chi connectivity index (χ4n) is 1.48. The number of hydrogen-bond acceptors (Lipinski definition) is 5. The Kier molecular flexibility index (Phi) is 4.44. The van der Waals surface area contributed by atoms with Gasteiger partial charge in [0.25, 0.3) is 0 Å². The Morgan fingerprint density at radius 2 is 2.25 bits per heavy atom. The quantitative estimate of drug-likeness (QED) is 0.573. The second-order valence-electron chi connectivity index (χ2n) is 4.42. The zero-order valence-electron chi connectivity index (χ0n) is 10.0. The van der Waals surface area contributed by atoms with E-state index in [-0.39, 0.29) is 18.5 Å². The lowest BCUT2D eigenvalue weighted by Crippen LogP contribution is -2.22. The van der Waals surface area contributed by atoms with Crippen LogP contribution in [0.2, 0.25) is 0 Å². The Morgan fingerprint density at radius 3 is 2.75 bits per heavy atom. The highest BCUT2D eigenvalue weighted by atomic mass is 16.7. The van der Waals surface area contributed by atoms with Gasteiger partial charge in [0.05, 0.1) is 25.7 Å². The average molecular weight is 229 g/mol. The fraction of sp³-hybridized carbons (Fsp3) is 0.818. The van der Waals surface area contributed by atoms with Crippen LogP contribution in [0, 0.1) is 5.41 Å². The molecule has 1 unspecified atom stereocenters. The number of ether oxygens (including phenoxy) is 3. The van der Waals surface area contributed by atoms with Crippen LogP contribution in [-0.2, 0) is 19.0 Å². The molecule has 0 aromatic carbocycles. The highest BCUT2D eigenvalue weighted by molar-refractivity contribution is 5.95. The molecule has 0 aromatic heterocycles. The van der Waals surface area contributed by atoms with E-state index in [1.165, 1.54) is 0 Å². The summed E-state index contributed by atoms with van der Waals surface area (Å²) in [6.45, 7) is 6.15. The first-order chi connectivity index (χ1) is 7.39. The van der Waals surface area contributed by atoms with Crippen LogP contribution in [0.15, 0.2) is 0 Å². The minimum atomic E-state index is -0.528. The van der Waals surface area contributed by atoms with Crippen molar-refractivity contribution in [3.63, 3.8) is 0 Å². The molecule has 1 heterocycles. The van der Waals surface area contributed by atoms with Gasteiger partial charge in [-0.25, -0.2) is 0 Å². The summed E-state index contributed by atoms with van der Waals surface area (Å²) in [4.78, 5) is 11.1. The van der Waals surface area contributed by atoms with E-state index in [0.29, 0.717) is 25.3 Å². The molecule has 1 fully saturated rings. The van der Waals surface area contributed by atoms with E-state index in [9.17, 15) is 4.79 Å². The van der Waals surface area contributed by atoms with Crippen molar-refractivity contribution in [1.29, 1.82) is 5.41 Å². The van der Waals surface area contributed by atoms with Gasteiger partial charge in [-0.3, -0.25) is 4.79 Å². The predicted molar refractivity (Wildman–Crippen MR) is 58.5 cm³/mol. The van der Waals surface area contributed by atoms with Gasteiger partial charge in [-0.1, -0.05) is 0 Å². The third-order valence-electron chi connectivity index (χ3n) is 2.18. The first kappa shape index (κ1) is 13.1. The Hall–Kier alpha value is -0.940. The molecule has 0 amide bonds. The Bertz CT molecular complexity index is 275. The van der Waals surface area contributed by atoms with Gasteiger partial charge in [0.15, 0.2) is 5.79 Å². The molecule has 0 spiro atoms. The first-order valence-corrected chi connectivity index (χ1v) is 5.40. The molecule has 1 N–H and O–H groups in total. The summed E-state index contributed by atoms with van der Waals surface area (Å²) >= 11 is 0. The maximum atomic E-state index is 11.1. The Balaban J connectivity index is 2.12. The Labute approximate surface area is 95.6 Å². The number of rotatable bonds is 5. The molecule has 0 aromatic rings. The zero-order valence-corrected chi connectivity index (χ0v) is 10.0. The minimum Gasteiger partial charge on any atom is -0.465 e. The standard InChI is InChI=1S/C11H19NO4/c1-8(12)6-10(13)14-5-4-9-7-15-11(2,3)16-9/h9,12H,4-7H2,1-3H3. The summed E-state index contributed by atoms with van der Waals surface area (Å²) < 4.78 is 15.9. The van der Waals surface area contributed by atoms with E-state index in [1.54, 1.807) is 6.92 Å². The van der Waals surface area contributed by atoms with Crippen molar-refractivity contribution >= 4 is 11.7 Å². The minimum absolute atomic E-state index is 0.0103. The zero-order chi connectivity index (χ0) is 12.2. The number of nitrogens with one attached hydrogen (secondary N) is 1. The van der Waals surface area contributed by atoms with Crippen LogP contribution in [0.1, 0.15) is 33.6 Å². The van der Waals surface area contributed by atoms with Crippen LogP contribution in [0.5, 0.6) is 0 Å². The van der Waals surface area contributed by atoms with Gasteiger partial charge in [-0.15, -0.1) is 0 Å². The molecule has 1 saturated heterocycles. The molecule has 1 atom stereocenters. The SMILES string of the molecule is CC(=N)CC(=O)OCCC1COC(C)(C)O1. The van der Waals surface area contributed by atoms with Gasteiger partial charge in [-0.2, -0.15) is 0 Å². The van der Waals surface area contributed by atoms with E-state index in [2.05, 4.69) is 0 Å². The first-order valence-electron chi connectivity index (χ1n) is 5.40. The molecule has 1 rings (SSSR count). The lowest BCUT2D eigenvalue weighted by Gasteiger charge is -2.16. The Morgan fingerprint density at radius 1 is 1.56 bits per heavy atom. The van der Waals surface area contributed by atoms with Gasteiger partial charge in [0, 0.05) is 12.1 Å². The molecule has 0 radical (unpaired) electrons. The van der Waals surface area contributed by atoms with Gasteiger partial charge in [0.1, 0.15) is 0 Å². The maximum absolute atomic E-state index is 11.1. The van der Waals surface area contributed by atoms with E-state index in [1.807, 2.05) is 13.8 Å². The summed E-state index contributed by atoms with van der Waals surface area (Å²) in [6, 6.07) is 0. The smallest absolute Gasteiger partial charge is 0.311 e. The van der Waals surface area contributed by atoms with Crippen molar-refractivity contribution in [3.8, 4) is 0 Å². The lowest BCUT2D eigenvalue weighted by atomic mass is 10.3. The lowest BCUT2D eigenvalue weighted by molar-refractivity contribution is -0.147. The normalized spacial score (nSPS) is 23.1. The molecule has 1 aliphatic rings. The topological polar surface area (TPSA) is 68.6 Å². The van der Waals surface area contributed by atoms with Gasteiger partial charge in [0.2, 0.25) is 0 Å². The van der Waals surface area contributed by atoms with Gasteiger partial charge < -0.3 is 19.6 Å². The third kappa shape index (κ3) is 4.72. The van der Waals surface area contributed by atoms with Gasteiger partial charge >= 0.3 is 5.97 Å². The molecule has 16 heavy (non-hydrogen) atoms. The average Bonchev–Trinajstić information content (AvgIpc) is 2.44. The molecule has 92 valence electrons. The summed E-state index contributed by atoms with van der Waals surface area (Å²) in [6.07, 6.45) is 0.684.